The van der Waals surface area contributed by atoms with E-state index in [0.717, 1.165) is 12.2 Å². The second-order valence-electron chi connectivity index (χ2n) is 4.76. The summed E-state index contributed by atoms with van der Waals surface area (Å²) < 4.78 is 0. The predicted octanol–water partition coefficient (Wildman–Crippen LogP) is 2.11. The standard InChI is InChI=1S/C10H17N3/c1-10(2,3)11-9-7-5-4-6-8(7)12-13-9/h4-6H2,1-3H3,(H2,11,12,13). The van der Waals surface area contributed by atoms with Crippen LogP contribution in [0.1, 0.15) is 38.4 Å². The Morgan fingerprint density at radius 2 is 2.08 bits per heavy atom. The Bertz CT molecular complexity index is 306. The lowest BCUT2D eigenvalue weighted by Crippen LogP contribution is -2.26. The van der Waals surface area contributed by atoms with Gasteiger partial charge in [0.15, 0.2) is 5.82 Å². The topological polar surface area (TPSA) is 40.7 Å². The van der Waals surface area contributed by atoms with Gasteiger partial charge in [-0.3, -0.25) is 5.10 Å². The number of aromatic nitrogens is 2. The van der Waals surface area contributed by atoms with Crippen molar-refractivity contribution in [2.75, 3.05) is 5.32 Å². The number of aryl methyl sites for hydroxylation is 1. The van der Waals surface area contributed by atoms with Crippen LogP contribution in [0.15, 0.2) is 0 Å². The summed E-state index contributed by atoms with van der Waals surface area (Å²) in [4.78, 5) is 0. The van der Waals surface area contributed by atoms with Crippen molar-refractivity contribution in [2.45, 2.75) is 45.6 Å². The van der Waals surface area contributed by atoms with Crippen molar-refractivity contribution in [1.29, 1.82) is 0 Å². The molecule has 0 atom stereocenters. The van der Waals surface area contributed by atoms with Crippen molar-refractivity contribution < 1.29 is 0 Å². The Morgan fingerprint density at radius 3 is 2.77 bits per heavy atom. The molecule has 0 bridgehead atoms. The fraction of sp³-hybridized carbons (Fsp3) is 0.700. The third-order valence-electron chi connectivity index (χ3n) is 2.30. The molecule has 13 heavy (non-hydrogen) atoms. The van der Waals surface area contributed by atoms with Crippen LogP contribution in [0.25, 0.3) is 0 Å². The van der Waals surface area contributed by atoms with Crippen LogP contribution in [0, 0.1) is 0 Å². The summed E-state index contributed by atoms with van der Waals surface area (Å²) in [5.41, 5.74) is 2.83. The third kappa shape index (κ3) is 1.69. The van der Waals surface area contributed by atoms with Crippen LogP contribution < -0.4 is 5.32 Å². The van der Waals surface area contributed by atoms with Crippen molar-refractivity contribution in [3.8, 4) is 0 Å². The van der Waals surface area contributed by atoms with Crippen LogP contribution in [0.5, 0.6) is 0 Å². The van der Waals surface area contributed by atoms with E-state index in [0.29, 0.717) is 0 Å². The number of nitrogens with one attached hydrogen (secondary N) is 2. The van der Waals surface area contributed by atoms with Gasteiger partial charge in [0.25, 0.3) is 0 Å². The molecule has 3 heteroatoms. The fourth-order valence-corrected chi connectivity index (χ4v) is 1.78. The van der Waals surface area contributed by atoms with E-state index < -0.39 is 0 Å². The van der Waals surface area contributed by atoms with Crippen LogP contribution in [0.3, 0.4) is 0 Å². The minimum Gasteiger partial charge on any atom is -0.364 e. The molecule has 0 aromatic carbocycles. The Hall–Kier alpha value is -0.990. The van der Waals surface area contributed by atoms with Gasteiger partial charge in [-0.15, -0.1) is 0 Å². The molecule has 1 aromatic rings. The lowest BCUT2D eigenvalue weighted by Gasteiger charge is -2.20. The predicted molar refractivity (Wildman–Crippen MR) is 54.0 cm³/mol. The SMILES string of the molecule is CC(C)(C)Nc1n[nH]c2c1CCC2. The van der Waals surface area contributed by atoms with Crippen LogP contribution in [0.2, 0.25) is 0 Å². The first-order valence-electron chi connectivity index (χ1n) is 4.90. The summed E-state index contributed by atoms with van der Waals surface area (Å²) >= 11 is 0. The van der Waals surface area contributed by atoms with Gasteiger partial charge in [0.2, 0.25) is 0 Å². The van der Waals surface area contributed by atoms with Crippen molar-refractivity contribution >= 4 is 5.82 Å². The minimum atomic E-state index is 0.103. The first kappa shape index (κ1) is 8.60. The Kier molecular flexibility index (Phi) is 1.82. The third-order valence-corrected chi connectivity index (χ3v) is 2.30. The van der Waals surface area contributed by atoms with Crippen molar-refractivity contribution in [1.82, 2.24) is 10.2 Å². The van der Waals surface area contributed by atoms with Crippen LogP contribution in [-0.4, -0.2) is 15.7 Å². The molecule has 0 spiro atoms. The molecule has 1 aliphatic rings. The Balaban J connectivity index is 2.22. The number of anilines is 1. The van der Waals surface area contributed by atoms with E-state index in [-0.39, 0.29) is 5.54 Å². The molecule has 1 aromatic heterocycles. The summed E-state index contributed by atoms with van der Waals surface area (Å²) in [6.07, 6.45) is 3.60. The molecule has 72 valence electrons. The summed E-state index contributed by atoms with van der Waals surface area (Å²) in [6.45, 7) is 6.47. The van der Waals surface area contributed by atoms with Gasteiger partial charge in [-0.05, 0) is 40.0 Å². The number of H-pyrrole nitrogens is 1. The molecule has 0 amide bonds. The zero-order valence-corrected chi connectivity index (χ0v) is 8.57. The van der Waals surface area contributed by atoms with E-state index in [4.69, 9.17) is 0 Å². The molecule has 2 rings (SSSR count). The molecule has 2 N–H and O–H groups in total. The van der Waals surface area contributed by atoms with E-state index in [1.807, 2.05) is 0 Å². The highest BCUT2D eigenvalue weighted by Gasteiger charge is 2.21. The molecule has 3 nitrogen and oxygen atoms in total. The smallest absolute Gasteiger partial charge is 0.151 e. The van der Waals surface area contributed by atoms with Gasteiger partial charge in [-0.25, -0.2) is 0 Å². The first-order valence-corrected chi connectivity index (χ1v) is 4.90. The quantitative estimate of drug-likeness (QED) is 0.693. The number of aromatic amines is 1. The van der Waals surface area contributed by atoms with E-state index in [9.17, 15) is 0 Å². The Labute approximate surface area is 78.9 Å². The van der Waals surface area contributed by atoms with E-state index in [1.165, 1.54) is 24.1 Å². The van der Waals surface area contributed by atoms with Gasteiger partial charge >= 0.3 is 0 Å². The summed E-state index contributed by atoms with van der Waals surface area (Å²) in [5.74, 6) is 1.06. The van der Waals surface area contributed by atoms with Gasteiger partial charge in [0.05, 0.1) is 0 Å². The van der Waals surface area contributed by atoms with Crippen LogP contribution in [0.4, 0.5) is 5.82 Å². The molecule has 0 saturated carbocycles. The highest BCUT2D eigenvalue weighted by atomic mass is 15.2. The molecule has 0 aliphatic heterocycles. The molecule has 0 fully saturated rings. The number of nitrogens with zero attached hydrogens (tertiary/aromatic N) is 1. The van der Waals surface area contributed by atoms with Crippen LogP contribution in [-0.2, 0) is 12.8 Å². The Morgan fingerprint density at radius 1 is 1.31 bits per heavy atom. The zero-order chi connectivity index (χ0) is 9.47. The van der Waals surface area contributed by atoms with Crippen molar-refractivity contribution in [3.05, 3.63) is 11.3 Å². The van der Waals surface area contributed by atoms with Gasteiger partial charge in [-0.1, -0.05) is 0 Å². The average Bonchev–Trinajstić information content (AvgIpc) is 2.50. The van der Waals surface area contributed by atoms with Gasteiger partial charge in [0, 0.05) is 16.8 Å². The molecule has 0 unspecified atom stereocenters. The van der Waals surface area contributed by atoms with Crippen LogP contribution >= 0.6 is 0 Å². The van der Waals surface area contributed by atoms with Gasteiger partial charge in [0.1, 0.15) is 0 Å². The average molecular weight is 179 g/mol. The van der Waals surface area contributed by atoms with Crippen molar-refractivity contribution in [2.24, 2.45) is 0 Å². The monoisotopic (exact) mass is 179 g/mol. The maximum absolute atomic E-state index is 4.29. The molecular weight excluding hydrogens is 162 g/mol. The lowest BCUT2D eigenvalue weighted by atomic mass is 10.1. The van der Waals surface area contributed by atoms with Crippen molar-refractivity contribution in [3.63, 3.8) is 0 Å². The zero-order valence-electron chi connectivity index (χ0n) is 8.57. The second-order valence-corrected chi connectivity index (χ2v) is 4.76. The highest BCUT2D eigenvalue weighted by Crippen LogP contribution is 2.27. The van der Waals surface area contributed by atoms with Gasteiger partial charge in [-0.2, -0.15) is 5.10 Å². The fourth-order valence-electron chi connectivity index (χ4n) is 1.78. The van der Waals surface area contributed by atoms with E-state index in [2.05, 4.69) is 36.3 Å². The van der Waals surface area contributed by atoms with Gasteiger partial charge < -0.3 is 5.32 Å². The normalized spacial score (nSPS) is 15.9. The number of hydrogen-bond acceptors (Lipinski definition) is 2. The first-order chi connectivity index (χ1) is 6.06. The van der Waals surface area contributed by atoms with E-state index >= 15 is 0 Å². The summed E-state index contributed by atoms with van der Waals surface area (Å²) in [7, 11) is 0. The maximum Gasteiger partial charge on any atom is 0.151 e. The number of hydrogen-bond donors (Lipinski definition) is 2. The second kappa shape index (κ2) is 2.76. The molecule has 0 saturated heterocycles. The molecular formula is C10H17N3. The lowest BCUT2D eigenvalue weighted by molar-refractivity contribution is 0.628. The summed E-state index contributed by atoms with van der Waals surface area (Å²) in [5, 5.41) is 10.8. The maximum atomic E-state index is 4.29. The largest absolute Gasteiger partial charge is 0.364 e. The molecule has 1 aliphatic carbocycles. The highest BCUT2D eigenvalue weighted by molar-refractivity contribution is 5.49. The minimum absolute atomic E-state index is 0.103. The molecule has 1 heterocycles. The number of fused-ring (bicyclic) bond motifs is 1. The van der Waals surface area contributed by atoms with E-state index in [1.54, 1.807) is 0 Å². The number of rotatable bonds is 1. The summed E-state index contributed by atoms with van der Waals surface area (Å²) in [6, 6.07) is 0. The molecule has 0 radical (unpaired) electrons.